The quantitative estimate of drug-likeness (QED) is 0.934. The van der Waals surface area contributed by atoms with Crippen LogP contribution in [0, 0.1) is 11.3 Å². The summed E-state index contributed by atoms with van der Waals surface area (Å²) in [5.74, 6) is -0.0926. The molecule has 0 fully saturated rings. The van der Waals surface area contributed by atoms with Crippen molar-refractivity contribution in [2.45, 2.75) is 16.7 Å². The first kappa shape index (κ1) is 14.2. The lowest BCUT2D eigenvalue weighted by Gasteiger charge is -2.09. The highest BCUT2D eigenvalue weighted by Gasteiger charge is 2.12. The molecule has 0 aliphatic heterocycles. The van der Waals surface area contributed by atoms with Gasteiger partial charge in [0.05, 0.1) is 11.1 Å². The van der Waals surface area contributed by atoms with Crippen LogP contribution < -0.4 is 5.32 Å². The topological polar surface area (TPSA) is 52.9 Å². The Hall–Kier alpha value is -2.25. The fraction of sp³-hybridized carbons (Fsp3) is 0.125. The predicted molar refractivity (Wildman–Crippen MR) is 79.7 cm³/mol. The Morgan fingerprint density at radius 3 is 2.50 bits per heavy atom. The fourth-order valence-corrected chi connectivity index (χ4v) is 2.79. The van der Waals surface area contributed by atoms with Gasteiger partial charge in [0.15, 0.2) is 0 Å². The normalized spacial score (nSPS) is 9.80. The van der Waals surface area contributed by atoms with Crippen molar-refractivity contribution in [2.24, 2.45) is 0 Å². The third kappa shape index (κ3) is 3.19. The molecule has 2 aromatic rings. The first-order valence-corrected chi connectivity index (χ1v) is 7.12. The summed E-state index contributed by atoms with van der Waals surface area (Å²) in [6.45, 7) is 2.48. The van der Waals surface area contributed by atoms with Gasteiger partial charge in [-0.25, -0.2) is 0 Å². The van der Waals surface area contributed by atoms with E-state index >= 15 is 0 Å². The third-order valence-corrected chi connectivity index (χ3v) is 3.85. The number of hydrogen-bond donors (Lipinski definition) is 1. The van der Waals surface area contributed by atoms with Crippen molar-refractivity contribution in [3.63, 3.8) is 0 Å². The Labute approximate surface area is 122 Å². The second kappa shape index (κ2) is 6.78. The first-order chi connectivity index (χ1) is 9.76. The molecule has 0 aromatic heterocycles. The van der Waals surface area contributed by atoms with Crippen molar-refractivity contribution >= 4 is 17.7 Å². The van der Waals surface area contributed by atoms with Crippen LogP contribution in [0.1, 0.15) is 22.8 Å². The number of nitrogens with zero attached hydrogens (tertiary/aromatic N) is 1. The van der Waals surface area contributed by atoms with Gasteiger partial charge in [0.1, 0.15) is 6.07 Å². The summed E-state index contributed by atoms with van der Waals surface area (Å²) in [6.07, 6.45) is 0. The van der Waals surface area contributed by atoms with Gasteiger partial charge in [-0.1, -0.05) is 36.0 Å². The number of amides is 1. The number of nitrogens with one attached hydrogen (secondary N) is 1. The maximum absolute atomic E-state index is 12.0. The molecule has 1 amide bonds. The van der Waals surface area contributed by atoms with Crippen LogP contribution in [0.25, 0.3) is 0 Å². The highest BCUT2D eigenvalue weighted by atomic mass is 32.2. The summed E-state index contributed by atoms with van der Waals surface area (Å²) >= 11 is 1.44. The molecule has 3 nitrogen and oxygen atoms in total. The molecule has 0 saturated heterocycles. The molecule has 0 spiro atoms. The Kier molecular flexibility index (Phi) is 4.80. The van der Waals surface area contributed by atoms with Gasteiger partial charge in [-0.15, -0.1) is 0 Å². The van der Waals surface area contributed by atoms with Crippen LogP contribution in [-0.2, 0) is 0 Å². The van der Waals surface area contributed by atoms with Crippen molar-refractivity contribution in [3.8, 4) is 6.07 Å². The van der Waals surface area contributed by atoms with Crippen molar-refractivity contribution < 1.29 is 4.79 Å². The molecule has 0 unspecified atom stereocenters. The van der Waals surface area contributed by atoms with Gasteiger partial charge in [0.2, 0.25) is 0 Å². The third-order valence-electron chi connectivity index (χ3n) is 2.70. The Morgan fingerprint density at radius 2 is 1.80 bits per heavy atom. The fourth-order valence-electron chi connectivity index (χ4n) is 1.77. The van der Waals surface area contributed by atoms with Gasteiger partial charge in [0.25, 0.3) is 5.91 Å². The molecule has 100 valence electrons. The van der Waals surface area contributed by atoms with Gasteiger partial charge < -0.3 is 5.32 Å². The van der Waals surface area contributed by atoms with E-state index in [1.807, 2.05) is 43.3 Å². The SMILES string of the molecule is CCNC(=O)c1ccccc1Sc1ccccc1C#N. The van der Waals surface area contributed by atoms with Gasteiger partial charge in [-0.05, 0) is 31.2 Å². The zero-order valence-electron chi connectivity index (χ0n) is 11.1. The zero-order chi connectivity index (χ0) is 14.4. The summed E-state index contributed by atoms with van der Waals surface area (Å²) < 4.78 is 0. The Balaban J connectivity index is 2.35. The average Bonchev–Trinajstić information content (AvgIpc) is 2.48. The molecule has 0 aliphatic carbocycles. The summed E-state index contributed by atoms with van der Waals surface area (Å²) in [5.41, 5.74) is 1.25. The van der Waals surface area contributed by atoms with Crippen LogP contribution in [0.2, 0.25) is 0 Å². The maximum atomic E-state index is 12.0. The monoisotopic (exact) mass is 282 g/mol. The Morgan fingerprint density at radius 1 is 1.15 bits per heavy atom. The average molecular weight is 282 g/mol. The highest BCUT2D eigenvalue weighted by molar-refractivity contribution is 7.99. The molecule has 4 heteroatoms. The molecule has 0 heterocycles. The minimum absolute atomic E-state index is 0.0926. The molecule has 2 rings (SSSR count). The van der Waals surface area contributed by atoms with Crippen molar-refractivity contribution in [1.82, 2.24) is 5.32 Å². The van der Waals surface area contributed by atoms with Crippen molar-refractivity contribution in [1.29, 1.82) is 5.26 Å². The molecule has 0 saturated carbocycles. The minimum Gasteiger partial charge on any atom is -0.352 e. The molecule has 0 aliphatic rings. The van der Waals surface area contributed by atoms with E-state index in [2.05, 4.69) is 11.4 Å². The van der Waals surface area contributed by atoms with E-state index in [9.17, 15) is 4.79 Å². The summed E-state index contributed by atoms with van der Waals surface area (Å²) in [6, 6.07) is 17.0. The lowest BCUT2D eigenvalue weighted by atomic mass is 10.2. The van der Waals surface area contributed by atoms with Gasteiger partial charge in [0, 0.05) is 16.3 Å². The van der Waals surface area contributed by atoms with Crippen LogP contribution in [-0.4, -0.2) is 12.5 Å². The van der Waals surface area contributed by atoms with Crippen LogP contribution >= 0.6 is 11.8 Å². The standard InChI is InChI=1S/C16H14N2OS/c1-2-18-16(19)13-8-4-6-10-15(13)20-14-9-5-3-7-12(14)11-17/h3-10H,2H2,1H3,(H,18,19). The van der Waals surface area contributed by atoms with E-state index < -0.39 is 0 Å². The van der Waals surface area contributed by atoms with Crippen LogP contribution in [0.5, 0.6) is 0 Å². The summed E-state index contributed by atoms with van der Waals surface area (Å²) in [4.78, 5) is 13.7. The van der Waals surface area contributed by atoms with E-state index in [4.69, 9.17) is 5.26 Å². The number of hydrogen-bond acceptors (Lipinski definition) is 3. The van der Waals surface area contributed by atoms with E-state index in [0.717, 1.165) is 9.79 Å². The maximum Gasteiger partial charge on any atom is 0.252 e. The summed E-state index contributed by atoms with van der Waals surface area (Å²) in [5, 5.41) is 11.9. The lowest BCUT2D eigenvalue weighted by Crippen LogP contribution is -2.23. The van der Waals surface area contributed by atoms with E-state index in [0.29, 0.717) is 17.7 Å². The summed E-state index contributed by atoms with van der Waals surface area (Å²) in [7, 11) is 0. The van der Waals surface area contributed by atoms with Crippen LogP contribution in [0.4, 0.5) is 0 Å². The molecular formula is C16H14N2OS. The minimum atomic E-state index is -0.0926. The zero-order valence-corrected chi connectivity index (χ0v) is 11.9. The molecule has 20 heavy (non-hydrogen) atoms. The van der Waals surface area contributed by atoms with Crippen molar-refractivity contribution in [2.75, 3.05) is 6.54 Å². The molecule has 0 radical (unpaired) electrons. The molecule has 0 bridgehead atoms. The molecule has 2 aromatic carbocycles. The van der Waals surface area contributed by atoms with Crippen LogP contribution in [0.15, 0.2) is 58.3 Å². The predicted octanol–water partition coefficient (Wildman–Crippen LogP) is 3.46. The van der Waals surface area contributed by atoms with E-state index in [1.165, 1.54) is 11.8 Å². The first-order valence-electron chi connectivity index (χ1n) is 6.30. The van der Waals surface area contributed by atoms with Crippen LogP contribution in [0.3, 0.4) is 0 Å². The number of carbonyl (C=O) groups excluding carboxylic acids is 1. The van der Waals surface area contributed by atoms with E-state index in [1.54, 1.807) is 12.1 Å². The highest BCUT2D eigenvalue weighted by Crippen LogP contribution is 2.32. The van der Waals surface area contributed by atoms with E-state index in [-0.39, 0.29) is 5.91 Å². The second-order valence-corrected chi connectivity index (χ2v) is 5.15. The van der Waals surface area contributed by atoms with Crippen molar-refractivity contribution in [3.05, 3.63) is 59.7 Å². The Bertz CT molecular complexity index is 662. The molecule has 0 atom stereocenters. The molecule has 1 N–H and O–H groups in total. The van der Waals surface area contributed by atoms with Gasteiger partial charge >= 0.3 is 0 Å². The largest absolute Gasteiger partial charge is 0.352 e. The second-order valence-electron chi connectivity index (χ2n) is 4.07. The van der Waals surface area contributed by atoms with Gasteiger partial charge in [-0.3, -0.25) is 4.79 Å². The molecular weight excluding hydrogens is 268 g/mol. The smallest absolute Gasteiger partial charge is 0.252 e. The lowest BCUT2D eigenvalue weighted by molar-refractivity contribution is 0.0953. The number of rotatable bonds is 4. The number of carbonyl (C=O) groups is 1. The van der Waals surface area contributed by atoms with Gasteiger partial charge in [-0.2, -0.15) is 5.26 Å². The number of benzene rings is 2. The number of nitriles is 1.